The predicted octanol–water partition coefficient (Wildman–Crippen LogP) is 3.20. The number of hydrogen-bond acceptors (Lipinski definition) is 3. The van der Waals surface area contributed by atoms with Crippen LogP contribution in [0.25, 0.3) is 0 Å². The molecule has 0 fully saturated rings. The number of aromatic nitrogens is 1. The van der Waals surface area contributed by atoms with Crippen molar-refractivity contribution in [2.24, 2.45) is 5.73 Å². The Labute approximate surface area is 124 Å². The summed E-state index contributed by atoms with van der Waals surface area (Å²) in [7, 11) is 0. The molecule has 2 aromatic rings. The molecule has 0 saturated heterocycles. The van der Waals surface area contributed by atoms with Crippen LogP contribution in [0.2, 0.25) is 0 Å². The molecule has 1 heterocycles. The monoisotopic (exact) mass is 341 g/mol. The average Bonchev–Trinajstić information content (AvgIpc) is 2.85. The Kier molecular flexibility index (Phi) is 4.68. The number of thiazole rings is 1. The molecule has 6 heteroatoms. The Morgan fingerprint density at radius 3 is 2.67 bits per heavy atom. The molecule has 2 rings (SSSR count). The maximum absolute atomic E-state index is 5.73. The highest BCUT2D eigenvalue weighted by Gasteiger charge is 2.11. The quantitative estimate of drug-likeness (QED) is 0.867. The van der Waals surface area contributed by atoms with Gasteiger partial charge < -0.3 is 5.73 Å². The highest BCUT2D eigenvalue weighted by molar-refractivity contribution is 9.10. The van der Waals surface area contributed by atoms with E-state index in [9.17, 15) is 0 Å². The van der Waals surface area contributed by atoms with Crippen molar-refractivity contribution in [3.8, 4) is 0 Å². The van der Waals surface area contributed by atoms with Gasteiger partial charge in [-0.2, -0.15) is 0 Å². The summed E-state index contributed by atoms with van der Waals surface area (Å²) in [4.78, 5) is 6.10. The van der Waals surface area contributed by atoms with Crippen LogP contribution in [0.1, 0.15) is 5.56 Å². The number of hydrogen-bond donors (Lipinski definition) is 1. The first-order valence-corrected chi connectivity index (χ1v) is 7.46. The van der Waals surface area contributed by atoms with Crippen LogP contribution in [0.4, 0.5) is 5.13 Å². The van der Waals surface area contributed by atoms with Crippen molar-refractivity contribution in [3.05, 3.63) is 45.9 Å². The third-order valence-corrected chi connectivity index (χ3v) is 4.00. The molecule has 0 aliphatic rings. The van der Waals surface area contributed by atoms with Crippen LogP contribution in [0.3, 0.4) is 0 Å². The summed E-state index contributed by atoms with van der Waals surface area (Å²) >= 11 is 10.0. The van der Waals surface area contributed by atoms with Crippen LogP contribution in [-0.2, 0) is 6.42 Å². The van der Waals surface area contributed by atoms with Crippen molar-refractivity contribution in [2.45, 2.75) is 6.42 Å². The van der Waals surface area contributed by atoms with Crippen molar-refractivity contribution < 1.29 is 0 Å². The van der Waals surface area contributed by atoms with E-state index in [4.69, 9.17) is 18.0 Å². The van der Waals surface area contributed by atoms with Crippen LogP contribution >= 0.6 is 39.5 Å². The zero-order chi connectivity index (χ0) is 13.0. The summed E-state index contributed by atoms with van der Waals surface area (Å²) in [5.74, 6) is 0. The van der Waals surface area contributed by atoms with Gasteiger partial charge in [0, 0.05) is 22.6 Å². The minimum Gasteiger partial charge on any atom is -0.376 e. The van der Waals surface area contributed by atoms with Crippen molar-refractivity contribution in [1.29, 1.82) is 0 Å². The fourth-order valence-electron chi connectivity index (χ4n) is 1.54. The maximum Gasteiger partial charge on any atom is 0.191 e. The van der Waals surface area contributed by atoms with Crippen molar-refractivity contribution in [2.75, 3.05) is 11.4 Å². The first-order chi connectivity index (χ1) is 8.66. The maximum atomic E-state index is 5.73. The first-order valence-electron chi connectivity index (χ1n) is 5.38. The van der Waals surface area contributed by atoms with Gasteiger partial charge in [0.25, 0.3) is 0 Å². The lowest BCUT2D eigenvalue weighted by molar-refractivity contribution is 0.930. The van der Waals surface area contributed by atoms with Gasteiger partial charge >= 0.3 is 0 Å². The minimum atomic E-state index is 0.363. The van der Waals surface area contributed by atoms with Gasteiger partial charge in [-0.05, 0) is 36.3 Å². The molecule has 3 nitrogen and oxygen atoms in total. The molecule has 2 N–H and O–H groups in total. The van der Waals surface area contributed by atoms with Crippen molar-refractivity contribution in [3.63, 3.8) is 0 Å². The fraction of sp³-hybridized carbons (Fsp3) is 0.167. The third-order valence-electron chi connectivity index (χ3n) is 2.45. The Hall–Kier alpha value is -0.980. The molecule has 0 spiro atoms. The smallest absolute Gasteiger partial charge is 0.191 e. The lowest BCUT2D eigenvalue weighted by atomic mass is 10.1. The lowest BCUT2D eigenvalue weighted by Crippen LogP contribution is -2.37. The number of nitrogens with two attached hydrogens (primary N) is 1. The van der Waals surface area contributed by atoms with E-state index in [1.165, 1.54) is 16.9 Å². The number of halogens is 1. The van der Waals surface area contributed by atoms with Crippen LogP contribution in [0.15, 0.2) is 40.3 Å². The zero-order valence-corrected chi connectivity index (χ0v) is 12.8. The molecule has 94 valence electrons. The average molecular weight is 342 g/mol. The van der Waals surface area contributed by atoms with E-state index in [0.29, 0.717) is 5.11 Å². The summed E-state index contributed by atoms with van der Waals surface area (Å²) < 4.78 is 1.08. The molecule has 0 amide bonds. The Bertz CT molecular complexity index is 511. The molecule has 0 atom stereocenters. The van der Waals surface area contributed by atoms with E-state index in [2.05, 4.69) is 33.0 Å². The molecule has 0 saturated carbocycles. The van der Waals surface area contributed by atoms with Crippen molar-refractivity contribution >= 4 is 49.7 Å². The largest absolute Gasteiger partial charge is 0.376 e. The first kappa shape index (κ1) is 13.5. The van der Waals surface area contributed by atoms with Gasteiger partial charge in [-0.15, -0.1) is 11.3 Å². The molecule has 0 aliphatic heterocycles. The topological polar surface area (TPSA) is 42.1 Å². The second-order valence-corrected chi connectivity index (χ2v) is 5.89. The number of benzene rings is 1. The molecular weight excluding hydrogens is 330 g/mol. The highest BCUT2D eigenvalue weighted by atomic mass is 79.9. The Balaban J connectivity index is 2.02. The van der Waals surface area contributed by atoms with Gasteiger partial charge in [0.1, 0.15) is 0 Å². The van der Waals surface area contributed by atoms with Gasteiger partial charge in [-0.1, -0.05) is 28.1 Å². The SMILES string of the molecule is NC(=S)N(CCc1ccc(Br)cc1)c1nccs1. The van der Waals surface area contributed by atoms with E-state index < -0.39 is 0 Å². The zero-order valence-electron chi connectivity index (χ0n) is 9.54. The Morgan fingerprint density at radius 1 is 1.39 bits per heavy atom. The van der Waals surface area contributed by atoms with E-state index >= 15 is 0 Å². The van der Waals surface area contributed by atoms with E-state index in [0.717, 1.165) is 22.6 Å². The number of nitrogens with zero attached hydrogens (tertiary/aromatic N) is 2. The lowest BCUT2D eigenvalue weighted by Gasteiger charge is -2.19. The molecular formula is C12H12BrN3S2. The predicted molar refractivity (Wildman–Crippen MR) is 84.1 cm³/mol. The van der Waals surface area contributed by atoms with Crippen molar-refractivity contribution in [1.82, 2.24) is 4.98 Å². The van der Waals surface area contributed by atoms with Gasteiger partial charge in [0.05, 0.1) is 0 Å². The second-order valence-electron chi connectivity index (χ2n) is 3.68. The molecule has 18 heavy (non-hydrogen) atoms. The number of rotatable bonds is 4. The molecule has 0 unspecified atom stereocenters. The van der Waals surface area contributed by atoms with E-state index in [-0.39, 0.29) is 0 Å². The van der Waals surface area contributed by atoms with E-state index in [1.807, 2.05) is 22.4 Å². The van der Waals surface area contributed by atoms with Crippen LogP contribution < -0.4 is 10.6 Å². The summed E-state index contributed by atoms with van der Waals surface area (Å²) in [6.45, 7) is 0.741. The second kappa shape index (κ2) is 6.26. The van der Waals surface area contributed by atoms with Crippen LogP contribution in [0.5, 0.6) is 0 Å². The molecule has 1 aromatic carbocycles. The normalized spacial score (nSPS) is 10.3. The highest BCUT2D eigenvalue weighted by Crippen LogP contribution is 2.18. The Morgan fingerprint density at radius 2 is 2.11 bits per heavy atom. The standard InChI is InChI=1S/C12H12BrN3S2/c13-10-3-1-9(2-4-10)5-7-16(11(14)17)12-15-6-8-18-12/h1-4,6,8H,5,7H2,(H2,14,17). The molecule has 0 radical (unpaired) electrons. The summed E-state index contributed by atoms with van der Waals surface area (Å²) in [6.07, 6.45) is 2.63. The molecule has 1 aromatic heterocycles. The summed E-state index contributed by atoms with van der Waals surface area (Å²) in [5, 5.41) is 3.13. The summed E-state index contributed by atoms with van der Waals surface area (Å²) in [6, 6.07) is 8.24. The van der Waals surface area contributed by atoms with Gasteiger partial charge in [-0.3, -0.25) is 4.90 Å². The summed E-state index contributed by atoms with van der Waals surface area (Å²) in [5.41, 5.74) is 6.98. The fourth-order valence-corrected chi connectivity index (χ4v) is 2.72. The van der Waals surface area contributed by atoms with Gasteiger partial charge in [0.15, 0.2) is 10.2 Å². The number of anilines is 1. The number of thiocarbonyl (C=S) groups is 1. The van der Waals surface area contributed by atoms with E-state index in [1.54, 1.807) is 6.20 Å². The third kappa shape index (κ3) is 3.51. The van der Waals surface area contributed by atoms with Gasteiger partial charge in [-0.25, -0.2) is 4.98 Å². The minimum absolute atomic E-state index is 0.363. The van der Waals surface area contributed by atoms with Crippen LogP contribution in [0, 0.1) is 0 Å². The molecule has 0 aliphatic carbocycles. The molecule has 0 bridgehead atoms. The van der Waals surface area contributed by atoms with Gasteiger partial charge in [0.2, 0.25) is 0 Å². The van der Waals surface area contributed by atoms with Crippen LogP contribution in [-0.4, -0.2) is 16.6 Å².